The molecule has 0 aliphatic rings. The molecule has 4 aromatic rings. The number of rotatable bonds is 9. The zero-order valence-electron chi connectivity index (χ0n) is 21.1. The van der Waals surface area contributed by atoms with Gasteiger partial charge < -0.3 is 4.74 Å². The van der Waals surface area contributed by atoms with Gasteiger partial charge in [0.1, 0.15) is 5.69 Å². The SMILES string of the molecule is CC(C)Oc1nc2ccccc2nc1-c1cccc(CCCC(C)(C)c2csc(C(C)C)n2)c1. The van der Waals surface area contributed by atoms with Crippen molar-refractivity contribution >= 4 is 22.4 Å². The summed E-state index contributed by atoms with van der Waals surface area (Å²) < 4.78 is 6.06. The normalized spacial score (nSPS) is 12.1. The van der Waals surface area contributed by atoms with Gasteiger partial charge in [0, 0.05) is 22.3 Å². The minimum atomic E-state index is 0.0292. The van der Waals surface area contributed by atoms with Gasteiger partial charge in [0.2, 0.25) is 5.88 Å². The molecule has 2 aromatic heterocycles. The lowest BCUT2D eigenvalue weighted by Gasteiger charge is -2.22. The molecule has 34 heavy (non-hydrogen) atoms. The van der Waals surface area contributed by atoms with Gasteiger partial charge >= 0.3 is 0 Å². The van der Waals surface area contributed by atoms with Gasteiger partial charge in [-0.2, -0.15) is 0 Å². The van der Waals surface area contributed by atoms with Crippen LogP contribution >= 0.6 is 11.3 Å². The fourth-order valence-corrected chi connectivity index (χ4v) is 5.10. The molecule has 5 heteroatoms. The zero-order chi connectivity index (χ0) is 24.3. The lowest BCUT2D eigenvalue weighted by Crippen LogP contribution is -2.18. The summed E-state index contributed by atoms with van der Waals surface area (Å²) in [6.07, 6.45) is 3.24. The molecule has 0 spiro atoms. The third-order valence-electron chi connectivity index (χ3n) is 6.06. The molecule has 0 fully saturated rings. The molecule has 0 atom stereocenters. The van der Waals surface area contributed by atoms with Crippen LogP contribution in [0, 0.1) is 0 Å². The number of hydrogen-bond donors (Lipinski definition) is 0. The Morgan fingerprint density at radius 1 is 0.912 bits per heavy atom. The highest BCUT2D eigenvalue weighted by atomic mass is 32.1. The summed E-state index contributed by atoms with van der Waals surface area (Å²) in [5.74, 6) is 1.08. The van der Waals surface area contributed by atoms with E-state index in [2.05, 4.69) is 57.3 Å². The van der Waals surface area contributed by atoms with Crippen molar-refractivity contribution in [2.24, 2.45) is 0 Å². The maximum atomic E-state index is 6.06. The molecule has 178 valence electrons. The zero-order valence-corrected chi connectivity index (χ0v) is 21.9. The second-order valence-corrected chi connectivity index (χ2v) is 11.1. The number of fused-ring (bicyclic) bond motifs is 1. The molecule has 4 rings (SSSR count). The molecular weight excluding hydrogens is 438 g/mol. The van der Waals surface area contributed by atoms with Crippen LogP contribution < -0.4 is 4.74 Å². The first-order valence-corrected chi connectivity index (χ1v) is 13.1. The summed E-state index contributed by atoms with van der Waals surface area (Å²) in [5.41, 5.74) is 6.18. The molecule has 0 N–H and O–H groups in total. The van der Waals surface area contributed by atoms with E-state index in [-0.39, 0.29) is 11.5 Å². The summed E-state index contributed by atoms with van der Waals surface area (Å²) >= 11 is 1.78. The molecule has 0 unspecified atom stereocenters. The van der Waals surface area contributed by atoms with E-state index in [0.29, 0.717) is 11.8 Å². The van der Waals surface area contributed by atoms with Gasteiger partial charge in [-0.1, -0.05) is 58.0 Å². The average Bonchev–Trinajstić information content (AvgIpc) is 3.30. The monoisotopic (exact) mass is 473 g/mol. The van der Waals surface area contributed by atoms with Crippen LogP contribution in [-0.4, -0.2) is 21.1 Å². The summed E-state index contributed by atoms with van der Waals surface area (Å²) in [6, 6.07) is 16.6. The van der Waals surface area contributed by atoms with E-state index < -0.39 is 0 Å². The second-order valence-electron chi connectivity index (χ2n) is 10.2. The molecule has 0 radical (unpaired) electrons. The molecule has 0 saturated heterocycles. The maximum absolute atomic E-state index is 6.06. The number of ether oxygens (including phenoxy) is 1. The lowest BCUT2D eigenvalue weighted by atomic mass is 9.84. The van der Waals surface area contributed by atoms with E-state index in [0.717, 1.165) is 41.6 Å². The van der Waals surface area contributed by atoms with Crippen molar-refractivity contribution < 1.29 is 4.74 Å². The van der Waals surface area contributed by atoms with Crippen molar-refractivity contribution in [3.05, 3.63) is 70.2 Å². The van der Waals surface area contributed by atoms with Crippen LogP contribution in [0.1, 0.15) is 76.6 Å². The number of aryl methyl sites for hydroxylation is 1. The average molecular weight is 474 g/mol. The molecular formula is C29H35N3OS. The molecule has 0 aliphatic carbocycles. The van der Waals surface area contributed by atoms with Crippen molar-refractivity contribution in [3.8, 4) is 17.1 Å². The van der Waals surface area contributed by atoms with Gasteiger partial charge in [-0.05, 0) is 56.9 Å². The largest absolute Gasteiger partial charge is 0.473 e. The van der Waals surface area contributed by atoms with Crippen LogP contribution in [0.5, 0.6) is 5.88 Å². The van der Waals surface area contributed by atoms with E-state index in [9.17, 15) is 0 Å². The predicted molar refractivity (Wildman–Crippen MR) is 143 cm³/mol. The van der Waals surface area contributed by atoms with Gasteiger partial charge in [0.05, 0.1) is 27.8 Å². The molecule has 0 saturated carbocycles. The molecule has 0 bridgehead atoms. The van der Waals surface area contributed by atoms with E-state index in [1.807, 2.05) is 38.1 Å². The highest BCUT2D eigenvalue weighted by molar-refractivity contribution is 7.09. The Labute approximate surface area is 207 Å². The summed E-state index contributed by atoms with van der Waals surface area (Å²) in [6.45, 7) is 13.1. The standard InChI is InChI=1S/C29H35N3OS/c1-19(2)28-32-25(18-34-28)29(5,6)16-10-12-21-11-9-13-22(17-21)26-27(33-20(3)4)31-24-15-8-7-14-23(24)30-26/h7-9,11,13-15,17-20H,10,12,16H2,1-6H3. The van der Waals surface area contributed by atoms with Crippen LogP contribution in [0.25, 0.3) is 22.3 Å². The van der Waals surface area contributed by atoms with Crippen molar-refractivity contribution in [1.29, 1.82) is 0 Å². The van der Waals surface area contributed by atoms with Gasteiger partial charge in [-0.3, -0.25) is 0 Å². The van der Waals surface area contributed by atoms with Gasteiger partial charge in [-0.15, -0.1) is 11.3 Å². The third kappa shape index (κ3) is 5.64. The number of aromatic nitrogens is 3. The Bertz CT molecular complexity index is 1260. The van der Waals surface area contributed by atoms with Gasteiger partial charge in [0.25, 0.3) is 0 Å². The minimum absolute atomic E-state index is 0.0292. The van der Waals surface area contributed by atoms with Crippen molar-refractivity contribution in [2.75, 3.05) is 0 Å². The summed E-state index contributed by atoms with van der Waals surface area (Å²) in [4.78, 5) is 14.6. The first kappa shape index (κ1) is 24.3. The Hall–Kier alpha value is -2.79. The van der Waals surface area contributed by atoms with Crippen LogP contribution in [0.4, 0.5) is 0 Å². The number of benzene rings is 2. The quantitative estimate of drug-likeness (QED) is 0.247. The van der Waals surface area contributed by atoms with Crippen molar-refractivity contribution in [2.45, 2.75) is 78.2 Å². The van der Waals surface area contributed by atoms with Crippen LogP contribution in [0.15, 0.2) is 53.9 Å². The molecule has 0 aliphatic heterocycles. The number of hydrogen-bond acceptors (Lipinski definition) is 5. The van der Waals surface area contributed by atoms with Crippen LogP contribution in [0.3, 0.4) is 0 Å². The third-order valence-corrected chi connectivity index (χ3v) is 7.21. The fourth-order valence-electron chi connectivity index (χ4n) is 4.08. The van der Waals surface area contributed by atoms with Gasteiger partial charge in [0.15, 0.2) is 0 Å². The Morgan fingerprint density at radius 2 is 1.65 bits per heavy atom. The molecule has 2 heterocycles. The predicted octanol–water partition coefficient (Wildman–Crippen LogP) is 7.96. The molecule has 2 aromatic carbocycles. The fraction of sp³-hybridized carbons (Fsp3) is 0.414. The van der Waals surface area contributed by atoms with Crippen LogP contribution in [-0.2, 0) is 11.8 Å². The molecule has 4 nitrogen and oxygen atoms in total. The number of nitrogens with zero attached hydrogens (tertiary/aromatic N) is 3. The Morgan fingerprint density at radius 3 is 2.32 bits per heavy atom. The summed E-state index contributed by atoms with van der Waals surface area (Å²) in [5, 5.41) is 3.47. The van der Waals surface area contributed by atoms with Crippen LogP contribution in [0.2, 0.25) is 0 Å². The van der Waals surface area contributed by atoms with E-state index in [4.69, 9.17) is 19.7 Å². The summed E-state index contributed by atoms with van der Waals surface area (Å²) in [7, 11) is 0. The first-order valence-electron chi connectivity index (χ1n) is 12.2. The highest BCUT2D eigenvalue weighted by Gasteiger charge is 2.24. The smallest absolute Gasteiger partial charge is 0.241 e. The topological polar surface area (TPSA) is 47.9 Å². The van der Waals surface area contributed by atoms with E-state index >= 15 is 0 Å². The molecule has 0 amide bonds. The lowest BCUT2D eigenvalue weighted by molar-refractivity contribution is 0.234. The maximum Gasteiger partial charge on any atom is 0.241 e. The van der Waals surface area contributed by atoms with E-state index in [1.54, 1.807) is 11.3 Å². The minimum Gasteiger partial charge on any atom is -0.473 e. The first-order chi connectivity index (χ1) is 16.2. The van der Waals surface area contributed by atoms with E-state index in [1.165, 1.54) is 16.3 Å². The van der Waals surface area contributed by atoms with Gasteiger partial charge in [-0.25, -0.2) is 15.0 Å². The van der Waals surface area contributed by atoms with Crippen molar-refractivity contribution in [1.82, 2.24) is 15.0 Å². The number of para-hydroxylation sites is 2. The Kier molecular flexibility index (Phi) is 7.32. The second kappa shape index (κ2) is 10.2. The Balaban J connectivity index is 1.52. The number of thiazole rings is 1. The highest BCUT2D eigenvalue weighted by Crippen LogP contribution is 2.33. The van der Waals surface area contributed by atoms with Crippen molar-refractivity contribution in [3.63, 3.8) is 0 Å².